The van der Waals surface area contributed by atoms with Crippen molar-refractivity contribution in [2.24, 2.45) is 5.73 Å². The Morgan fingerprint density at radius 3 is 2.79 bits per heavy atom. The SMILES string of the molecule is CC(=O)Nc1ccccc1C(N)CO. The lowest BCUT2D eigenvalue weighted by atomic mass is 10.1. The second-order valence-corrected chi connectivity index (χ2v) is 3.06. The van der Waals surface area contributed by atoms with E-state index in [0.717, 1.165) is 5.56 Å². The maximum Gasteiger partial charge on any atom is 0.221 e. The van der Waals surface area contributed by atoms with E-state index in [2.05, 4.69) is 5.32 Å². The van der Waals surface area contributed by atoms with Crippen LogP contribution in [0.3, 0.4) is 0 Å². The van der Waals surface area contributed by atoms with Crippen molar-refractivity contribution in [3.05, 3.63) is 29.8 Å². The fourth-order valence-corrected chi connectivity index (χ4v) is 1.22. The Morgan fingerprint density at radius 2 is 2.21 bits per heavy atom. The molecule has 4 heteroatoms. The van der Waals surface area contributed by atoms with E-state index in [1.165, 1.54) is 6.92 Å². The van der Waals surface area contributed by atoms with Gasteiger partial charge < -0.3 is 16.2 Å². The molecular weight excluding hydrogens is 180 g/mol. The Labute approximate surface area is 82.7 Å². The summed E-state index contributed by atoms with van der Waals surface area (Å²) in [6, 6.07) is 6.70. The zero-order valence-electron chi connectivity index (χ0n) is 8.03. The zero-order chi connectivity index (χ0) is 10.6. The van der Waals surface area contributed by atoms with Gasteiger partial charge in [-0.15, -0.1) is 0 Å². The monoisotopic (exact) mass is 194 g/mol. The molecule has 0 aliphatic carbocycles. The molecule has 4 nitrogen and oxygen atoms in total. The van der Waals surface area contributed by atoms with Gasteiger partial charge in [-0.3, -0.25) is 4.79 Å². The first-order valence-electron chi connectivity index (χ1n) is 4.38. The molecule has 76 valence electrons. The predicted octanol–water partition coefficient (Wildman–Crippen LogP) is 0.637. The van der Waals surface area contributed by atoms with Gasteiger partial charge in [0, 0.05) is 12.6 Å². The van der Waals surface area contributed by atoms with Crippen LogP contribution >= 0.6 is 0 Å². The van der Waals surface area contributed by atoms with Gasteiger partial charge in [0.05, 0.1) is 12.6 Å². The molecule has 0 aromatic heterocycles. The van der Waals surface area contributed by atoms with Crippen molar-refractivity contribution in [2.75, 3.05) is 11.9 Å². The molecule has 1 aromatic carbocycles. The van der Waals surface area contributed by atoms with Crippen LogP contribution in [0.4, 0.5) is 5.69 Å². The van der Waals surface area contributed by atoms with Crippen molar-refractivity contribution in [1.29, 1.82) is 0 Å². The minimum Gasteiger partial charge on any atom is -0.394 e. The highest BCUT2D eigenvalue weighted by atomic mass is 16.3. The van der Waals surface area contributed by atoms with Crippen LogP contribution in [0, 0.1) is 0 Å². The molecule has 0 saturated carbocycles. The molecule has 0 aliphatic heterocycles. The second kappa shape index (κ2) is 4.74. The van der Waals surface area contributed by atoms with Crippen molar-refractivity contribution in [3.63, 3.8) is 0 Å². The fourth-order valence-electron chi connectivity index (χ4n) is 1.22. The van der Waals surface area contributed by atoms with Crippen LogP contribution in [0.25, 0.3) is 0 Å². The quantitative estimate of drug-likeness (QED) is 0.660. The van der Waals surface area contributed by atoms with Gasteiger partial charge in [0.15, 0.2) is 0 Å². The molecule has 1 atom stereocenters. The summed E-state index contributed by atoms with van der Waals surface area (Å²) in [5.74, 6) is -0.150. The smallest absolute Gasteiger partial charge is 0.221 e. The van der Waals surface area contributed by atoms with Crippen LogP contribution in [0.5, 0.6) is 0 Å². The maximum atomic E-state index is 10.9. The minimum atomic E-state index is -0.460. The van der Waals surface area contributed by atoms with E-state index < -0.39 is 6.04 Å². The number of hydrogen-bond acceptors (Lipinski definition) is 3. The highest BCUT2D eigenvalue weighted by Gasteiger charge is 2.09. The summed E-state index contributed by atoms with van der Waals surface area (Å²) < 4.78 is 0. The number of hydrogen-bond donors (Lipinski definition) is 3. The summed E-state index contributed by atoms with van der Waals surface area (Å²) in [4.78, 5) is 10.9. The number of rotatable bonds is 3. The molecule has 4 N–H and O–H groups in total. The third-order valence-corrected chi connectivity index (χ3v) is 1.87. The number of benzene rings is 1. The van der Waals surface area contributed by atoms with Gasteiger partial charge in [-0.2, -0.15) is 0 Å². The molecule has 1 amide bonds. The summed E-state index contributed by atoms with van der Waals surface area (Å²) >= 11 is 0. The standard InChI is InChI=1S/C10H14N2O2/c1-7(14)12-10-5-3-2-4-8(10)9(11)6-13/h2-5,9,13H,6,11H2,1H3,(H,12,14). The number of amides is 1. The van der Waals surface area contributed by atoms with Gasteiger partial charge in [0.2, 0.25) is 5.91 Å². The van der Waals surface area contributed by atoms with Crippen molar-refractivity contribution in [2.45, 2.75) is 13.0 Å². The summed E-state index contributed by atoms with van der Waals surface area (Å²) in [6.07, 6.45) is 0. The topological polar surface area (TPSA) is 75.4 Å². The number of aliphatic hydroxyl groups is 1. The van der Waals surface area contributed by atoms with E-state index in [4.69, 9.17) is 10.8 Å². The number of para-hydroxylation sites is 1. The molecule has 0 heterocycles. The number of carbonyl (C=O) groups is 1. The molecule has 0 saturated heterocycles. The van der Waals surface area contributed by atoms with Crippen LogP contribution in [-0.4, -0.2) is 17.6 Å². The van der Waals surface area contributed by atoms with E-state index >= 15 is 0 Å². The van der Waals surface area contributed by atoms with Gasteiger partial charge in [0.25, 0.3) is 0 Å². The Balaban J connectivity index is 2.96. The molecule has 1 aromatic rings. The molecule has 0 spiro atoms. The number of carbonyl (C=O) groups excluding carboxylic acids is 1. The Morgan fingerprint density at radius 1 is 1.57 bits per heavy atom. The molecular formula is C10H14N2O2. The van der Waals surface area contributed by atoms with Gasteiger partial charge in [-0.05, 0) is 11.6 Å². The first-order valence-corrected chi connectivity index (χ1v) is 4.38. The Bertz CT molecular complexity index is 326. The second-order valence-electron chi connectivity index (χ2n) is 3.06. The van der Waals surface area contributed by atoms with Crippen LogP contribution in [0.2, 0.25) is 0 Å². The lowest BCUT2D eigenvalue weighted by Crippen LogP contribution is -2.18. The van der Waals surface area contributed by atoms with Crippen LogP contribution < -0.4 is 11.1 Å². The third-order valence-electron chi connectivity index (χ3n) is 1.87. The largest absolute Gasteiger partial charge is 0.394 e. The summed E-state index contributed by atoms with van der Waals surface area (Å²) in [5.41, 5.74) is 7.06. The molecule has 1 rings (SSSR count). The summed E-state index contributed by atoms with van der Waals surface area (Å²) in [6.45, 7) is 1.29. The minimum absolute atomic E-state index is 0.142. The summed E-state index contributed by atoms with van der Waals surface area (Å²) in [7, 11) is 0. The van der Waals surface area contributed by atoms with Crippen molar-refractivity contribution < 1.29 is 9.90 Å². The van der Waals surface area contributed by atoms with Gasteiger partial charge in [-0.25, -0.2) is 0 Å². The normalized spacial score (nSPS) is 12.2. The first kappa shape index (κ1) is 10.7. The van der Waals surface area contributed by atoms with Crippen molar-refractivity contribution in [3.8, 4) is 0 Å². The maximum absolute atomic E-state index is 10.9. The molecule has 1 unspecified atom stereocenters. The molecule has 0 fully saturated rings. The third kappa shape index (κ3) is 2.55. The van der Waals surface area contributed by atoms with Crippen LogP contribution in [0.1, 0.15) is 18.5 Å². The van der Waals surface area contributed by atoms with E-state index in [1.54, 1.807) is 18.2 Å². The van der Waals surface area contributed by atoms with E-state index in [9.17, 15) is 4.79 Å². The number of nitrogens with two attached hydrogens (primary N) is 1. The zero-order valence-corrected chi connectivity index (χ0v) is 8.03. The number of anilines is 1. The molecule has 0 aliphatic rings. The lowest BCUT2D eigenvalue weighted by Gasteiger charge is -2.13. The van der Waals surface area contributed by atoms with Gasteiger partial charge in [-0.1, -0.05) is 18.2 Å². The molecule has 0 bridgehead atoms. The van der Waals surface area contributed by atoms with Crippen molar-refractivity contribution in [1.82, 2.24) is 0 Å². The van der Waals surface area contributed by atoms with Gasteiger partial charge in [0.1, 0.15) is 0 Å². The van der Waals surface area contributed by atoms with Crippen LogP contribution in [0.15, 0.2) is 24.3 Å². The Hall–Kier alpha value is -1.39. The summed E-state index contributed by atoms with van der Waals surface area (Å²) in [5, 5.41) is 11.6. The number of aliphatic hydroxyl groups excluding tert-OH is 1. The molecule has 0 radical (unpaired) electrons. The number of nitrogens with one attached hydrogen (secondary N) is 1. The van der Waals surface area contributed by atoms with Crippen LogP contribution in [-0.2, 0) is 4.79 Å². The van der Waals surface area contributed by atoms with Crippen molar-refractivity contribution >= 4 is 11.6 Å². The average molecular weight is 194 g/mol. The van der Waals surface area contributed by atoms with Gasteiger partial charge >= 0.3 is 0 Å². The predicted molar refractivity (Wildman–Crippen MR) is 54.8 cm³/mol. The van der Waals surface area contributed by atoms with E-state index in [0.29, 0.717) is 5.69 Å². The lowest BCUT2D eigenvalue weighted by molar-refractivity contribution is -0.114. The Kier molecular flexibility index (Phi) is 3.62. The van der Waals surface area contributed by atoms with E-state index in [1.807, 2.05) is 6.07 Å². The average Bonchev–Trinajstić information content (AvgIpc) is 2.16. The molecule has 14 heavy (non-hydrogen) atoms. The first-order chi connectivity index (χ1) is 6.65. The highest BCUT2D eigenvalue weighted by molar-refractivity contribution is 5.89. The van der Waals surface area contributed by atoms with E-state index in [-0.39, 0.29) is 12.5 Å². The highest BCUT2D eigenvalue weighted by Crippen LogP contribution is 2.20. The fraction of sp³-hybridized carbons (Fsp3) is 0.300.